The molecule has 7 heteroatoms. The lowest BCUT2D eigenvalue weighted by molar-refractivity contribution is 0.666. The van der Waals surface area contributed by atoms with Crippen LogP contribution in [0.1, 0.15) is 12.7 Å². The Hall–Kier alpha value is -0.950. The van der Waals surface area contributed by atoms with Gasteiger partial charge in [-0.05, 0) is 30.5 Å². The number of hydrogen-bond acceptors (Lipinski definition) is 4. The fourth-order valence-electron chi connectivity index (χ4n) is 0.950. The number of nitrogens with zero attached hydrogens (tertiary/aromatic N) is 3. The number of thioether (sulfide) groups is 1. The van der Waals surface area contributed by atoms with Gasteiger partial charge in [0.2, 0.25) is 5.16 Å². The van der Waals surface area contributed by atoms with E-state index >= 15 is 0 Å². The molecular weight excluding hydrogens is 295 g/mol. The zero-order chi connectivity index (χ0) is 12.1. The van der Waals surface area contributed by atoms with Crippen LogP contribution in [-0.2, 0) is 0 Å². The summed E-state index contributed by atoms with van der Waals surface area (Å²) in [7, 11) is 0. The van der Waals surface area contributed by atoms with Gasteiger partial charge in [0.05, 0.1) is 0 Å². The van der Waals surface area contributed by atoms with Crippen molar-refractivity contribution in [3.63, 3.8) is 0 Å². The van der Waals surface area contributed by atoms with E-state index in [1.165, 1.54) is 17.8 Å². The fourth-order valence-corrected chi connectivity index (χ4v) is 1.47. The smallest absolute Gasteiger partial charge is 0.208 e. The van der Waals surface area contributed by atoms with E-state index in [4.69, 9.17) is 0 Å². The normalized spacial score (nSPS) is 13.6. The predicted molar refractivity (Wildman–Crippen MR) is 68.4 cm³/mol. The minimum absolute atomic E-state index is 0.0478. The van der Waals surface area contributed by atoms with Crippen molar-refractivity contribution in [3.05, 3.63) is 22.2 Å². The molecule has 0 aliphatic carbocycles. The molecular formula is C9H10BrFN4S. The highest BCUT2D eigenvalue weighted by molar-refractivity contribution is 9.11. The predicted octanol–water partition coefficient (Wildman–Crippen LogP) is 3.16. The summed E-state index contributed by atoms with van der Waals surface area (Å²) in [6, 6.07) is 0. The quantitative estimate of drug-likeness (QED) is 0.528. The SMILES string of the molecule is C=N/C(=C(F)\C=C(/C)Br)c1nc(SC)n[nH]1. The van der Waals surface area contributed by atoms with Gasteiger partial charge < -0.3 is 0 Å². The number of aromatic nitrogens is 3. The maximum absolute atomic E-state index is 13.7. The molecule has 0 radical (unpaired) electrons. The minimum Gasteiger partial charge on any atom is -0.258 e. The summed E-state index contributed by atoms with van der Waals surface area (Å²) in [6.45, 7) is 5.03. The lowest BCUT2D eigenvalue weighted by Gasteiger charge is -1.96. The van der Waals surface area contributed by atoms with Crippen molar-refractivity contribution in [2.75, 3.05) is 6.26 Å². The molecule has 1 aromatic heterocycles. The molecule has 1 rings (SSSR count). The van der Waals surface area contributed by atoms with Crippen LogP contribution in [0.2, 0.25) is 0 Å². The van der Waals surface area contributed by atoms with Crippen LogP contribution in [0.5, 0.6) is 0 Å². The van der Waals surface area contributed by atoms with Gasteiger partial charge in [-0.1, -0.05) is 27.7 Å². The molecule has 0 fully saturated rings. The number of hydrogen-bond donors (Lipinski definition) is 1. The topological polar surface area (TPSA) is 53.9 Å². The second-order valence-corrected chi connectivity index (χ2v) is 4.78. The van der Waals surface area contributed by atoms with Crippen molar-refractivity contribution >= 4 is 40.1 Å². The van der Waals surface area contributed by atoms with E-state index in [2.05, 4.69) is 42.8 Å². The molecule has 0 unspecified atom stereocenters. The molecule has 0 aliphatic heterocycles. The van der Waals surface area contributed by atoms with Crippen LogP contribution in [0.25, 0.3) is 5.70 Å². The highest BCUT2D eigenvalue weighted by atomic mass is 79.9. The maximum Gasteiger partial charge on any atom is 0.208 e. The summed E-state index contributed by atoms with van der Waals surface area (Å²) in [6.07, 6.45) is 3.13. The number of halogens is 2. The second kappa shape index (κ2) is 5.95. The second-order valence-electron chi connectivity index (χ2n) is 2.76. The van der Waals surface area contributed by atoms with Crippen LogP contribution < -0.4 is 0 Å². The van der Waals surface area contributed by atoms with Crippen molar-refractivity contribution in [3.8, 4) is 0 Å². The zero-order valence-corrected chi connectivity index (χ0v) is 11.2. The van der Waals surface area contributed by atoms with E-state index in [0.29, 0.717) is 9.64 Å². The van der Waals surface area contributed by atoms with Crippen molar-refractivity contribution in [1.29, 1.82) is 0 Å². The van der Waals surface area contributed by atoms with Crippen molar-refractivity contribution in [1.82, 2.24) is 15.2 Å². The van der Waals surface area contributed by atoms with Gasteiger partial charge in [0, 0.05) is 0 Å². The Morgan fingerprint density at radius 2 is 2.38 bits per heavy atom. The number of H-pyrrole nitrogens is 1. The standard InChI is InChI=1S/C9H10BrFN4S/c1-5(10)4-6(11)7(12-2)8-13-9(16-3)15-14-8/h4H,2H2,1,3H3,(H,13,14,15)/b5-4+,7-6+. The van der Waals surface area contributed by atoms with E-state index in [9.17, 15) is 4.39 Å². The van der Waals surface area contributed by atoms with Gasteiger partial charge in [-0.25, -0.2) is 4.39 Å². The van der Waals surface area contributed by atoms with Crippen LogP contribution in [0, 0.1) is 0 Å². The first-order valence-electron chi connectivity index (χ1n) is 4.25. The highest BCUT2D eigenvalue weighted by Gasteiger charge is 2.11. The number of nitrogens with one attached hydrogen (secondary N) is 1. The van der Waals surface area contributed by atoms with Gasteiger partial charge in [0.25, 0.3) is 0 Å². The van der Waals surface area contributed by atoms with Crippen LogP contribution in [0.4, 0.5) is 4.39 Å². The summed E-state index contributed by atoms with van der Waals surface area (Å²) in [5.74, 6) is -0.255. The third kappa shape index (κ3) is 3.28. The molecule has 0 aromatic carbocycles. The number of aromatic amines is 1. The molecule has 86 valence electrons. The summed E-state index contributed by atoms with van der Waals surface area (Å²) in [5, 5.41) is 7.01. The van der Waals surface area contributed by atoms with Gasteiger partial charge in [0.15, 0.2) is 11.7 Å². The Morgan fingerprint density at radius 3 is 2.81 bits per heavy atom. The molecule has 1 N–H and O–H groups in total. The molecule has 0 atom stereocenters. The van der Waals surface area contributed by atoms with Crippen LogP contribution >= 0.6 is 27.7 Å². The summed E-state index contributed by atoms with van der Waals surface area (Å²) in [5.41, 5.74) is 0.0478. The Bertz CT molecular complexity index is 448. The summed E-state index contributed by atoms with van der Waals surface area (Å²) >= 11 is 4.50. The van der Waals surface area contributed by atoms with E-state index in [0.717, 1.165) is 0 Å². The first-order valence-corrected chi connectivity index (χ1v) is 6.27. The molecule has 0 aliphatic rings. The average molecular weight is 305 g/mol. The molecule has 4 nitrogen and oxygen atoms in total. The molecule has 1 heterocycles. The molecule has 0 bridgehead atoms. The van der Waals surface area contributed by atoms with Crippen LogP contribution in [0.3, 0.4) is 0 Å². The van der Waals surface area contributed by atoms with Crippen LogP contribution in [-0.4, -0.2) is 28.2 Å². The Balaban J connectivity index is 3.16. The first kappa shape index (κ1) is 13.1. The van der Waals surface area contributed by atoms with E-state index in [1.54, 1.807) is 6.92 Å². The molecule has 0 saturated heterocycles. The number of allylic oxidation sites excluding steroid dienone is 3. The van der Waals surface area contributed by atoms with Crippen molar-refractivity contribution in [2.24, 2.45) is 4.99 Å². The van der Waals surface area contributed by atoms with Gasteiger partial charge in [-0.15, -0.1) is 5.10 Å². The van der Waals surface area contributed by atoms with Gasteiger partial charge >= 0.3 is 0 Å². The number of aliphatic imine (C=N–C) groups is 1. The third-order valence-corrected chi connectivity index (χ3v) is 2.36. The number of rotatable bonds is 4. The average Bonchev–Trinajstić information content (AvgIpc) is 2.66. The summed E-state index contributed by atoms with van der Waals surface area (Å²) in [4.78, 5) is 7.65. The molecule has 0 amide bonds. The Morgan fingerprint density at radius 1 is 1.69 bits per heavy atom. The summed E-state index contributed by atoms with van der Waals surface area (Å²) < 4.78 is 14.3. The first-order chi connectivity index (χ1) is 7.58. The highest BCUT2D eigenvalue weighted by Crippen LogP contribution is 2.22. The Labute approximate surface area is 105 Å². The third-order valence-electron chi connectivity index (χ3n) is 1.58. The largest absolute Gasteiger partial charge is 0.258 e. The van der Waals surface area contributed by atoms with E-state index < -0.39 is 5.83 Å². The van der Waals surface area contributed by atoms with Gasteiger partial charge in [0.1, 0.15) is 5.70 Å². The zero-order valence-electron chi connectivity index (χ0n) is 8.79. The van der Waals surface area contributed by atoms with Crippen molar-refractivity contribution in [2.45, 2.75) is 12.1 Å². The van der Waals surface area contributed by atoms with E-state index in [1.807, 2.05) is 6.26 Å². The maximum atomic E-state index is 13.7. The molecule has 0 saturated carbocycles. The Kier molecular flexibility index (Phi) is 4.88. The lowest BCUT2D eigenvalue weighted by atomic mass is 10.3. The minimum atomic E-state index is -0.520. The fraction of sp³-hybridized carbons (Fsp3) is 0.222. The van der Waals surface area contributed by atoms with E-state index in [-0.39, 0.29) is 11.5 Å². The van der Waals surface area contributed by atoms with Crippen molar-refractivity contribution < 1.29 is 4.39 Å². The lowest BCUT2D eigenvalue weighted by Crippen LogP contribution is -1.87. The monoisotopic (exact) mass is 304 g/mol. The molecule has 1 aromatic rings. The molecule has 0 spiro atoms. The molecule has 16 heavy (non-hydrogen) atoms. The van der Waals surface area contributed by atoms with Gasteiger partial charge in [-0.3, -0.25) is 10.1 Å². The van der Waals surface area contributed by atoms with Crippen LogP contribution in [0.15, 0.2) is 26.5 Å². The van der Waals surface area contributed by atoms with Gasteiger partial charge in [-0.2, -0.15) is 4.98 Å².